The molecule has 0 spiro atoms. The molecule has 0 radical (unpaired) electrons. The minimum atomic E-state index is -0.602. The third-order valence-corrected chi connectivity index (χ3v) is 3.71. The molecule has 0 aromatic rings. The maximum absolute atomic E-state index is 10.7. The van der Waals surface area contributed by atoms with Gasteiger partial charge in [-0.05, 0) is 32.2 Å². The van der Waals surface area contributed by atoms with Crippen LogP contribution in [0.1, 0.15) is 32.1 Å². The van der Waals surface area contributed by atoms with Gasteiger partial charge in [0.2, 0.25) is 0 Å². The molecule has 2 aliphatic carbocycles. The van der Waals surface area contributed by atoms with E-state index in [4.69, 9.17) is 5.11 Å². The van der Waals surface area contributed by atoms with Crippen LogP contribution < -0.4 is 0 Å². The van der Waals surface area contributed by atoms with E-state index in [1.165, 1.54) is 25.7 Å². The van der Waals surface area contributed by atoms with E-state index in [0.29, 0.717) is 5.92 Å². The van der Waals surface area contributed by atoms with Crippen LogP contribution in [0.15, 0.2) is 0 Å². The van der Waals surface area contributed by atoms with Crippen LogP contribution in [0.5, 0.6) is 0 Å². The van der Waals surface area contributed by atoms with Crippen molar-refractivity contribution in [1.82, 2.24) is 4.90 Å². The monoisotopic (exact) mass is 197 g/mol. The third-order valence-electron chi connectivity index (χ3n) is 3.71. The van der Waals surface area contributed by atoms with E-state index in [2.05, 4.69) is 11.9 Å². The minimum absolute atomic E-state index is 0.0427. The van der Waals surface area contributed by atoms with E-state index in [9.17, 15) is 4.79 Å². The van der Waals surface area contributed by atoms with E-state index in [-0.39, 0.29) is 5.92 Å². The fourth-order valence-corrected chi connectivity index (χ4v) is 2.62. The smallest absolute Gasteiger partial charge is 0.306 e. The quantitative estimate of drug-likeness (QED) is 0.744. The number of nitrogens with zero attached hydrogens (tertiary/aromatic N) is 1. The first-order chi connectivity index (χ1) is 6.68. The predicted octanol–water partition coefficient (Wildman–Crippen LogP) is 1.58. The highest BCUT2D eigenvalue weighted by Gasteiger charge is 2.44. The second kappa shape index (κ2) is 3.89. The van der Waals surface area contributed by atoms with Crippen LogP contribution in [0.25, 0.3) is 0 Å². The molecule has 14 heavy (non-hydrogen) atoms. The Balaban J connectivity index is 1.73. The molecule has 2 fully saturated rings. The van der Waals surface area contributed by atoms with Crippen molar-refractivity contribution in [3.8, 4) is 0 Å². The molecule has 0 heterocycles. The summed E-state index contributed by atoms with van der Waals surface area (Å²) in [6.07, 6.45) is 6.21. The van der Waals surface area contributed by atoms with Crippen LogP contribution in [0, 0.1) is 11.8 Å². The Labute approximate surface area is 85.1 Å². The molecule has 0 amide bonds. The van der Waals surface area contributed by atoms with Crippen LogP contribution in [0.4, 0.5) is 0 Å². The van der Waals surface area contributed by atoms with Gasteiger partial charge in [-0.2, -0.15) is 0 Å². The summed E-state index contributed by atoms with van der Waals surface area (Å²) in [5.74, 6) is -0.216. The molecule has 3 nitrogen and oxygen atoms in total. The molecule has 1 N–H and O–H groups in total. The number of hydrogen-bond donors (Lipinski definition) is 1. The third kappa shape index (κ3) is 2.08. The molecule has 2 atom stereocenters. The van der Waals surface area contributed by atoms with Crippen LogP contribution in [0.3, 0.4) is 0 Å². The molecule has 0 aromatic carbocycles. The Morgan fingerprint density at radius 1 is 1.43 bits per heavy atom. The number of carbonyl (C=O) groups is 1. The van der Waals surface area contributed by atoms with Crippen molar-refractivity contribution in [1.29, 1.82) is 0 Å². The lowest BCUT2D eigenvalue weighted by molar-refractivity contribution is -0.138. The van der Waals surface area contributed by atoms with Crippen molar-refractivity contribution < 1.29 is 9.90 Å². The zero-order valence-electron chi connectivity index (χ0n) is 8.78. The standard InChI is InChI=1S/C11H19NO2/c1-12(9-4-2-3-5-9)7-8-6-10(8)11(13)14/h8-10H,2-7H2,1H3,(H,13,14). The molecule has 2 rings (SSSR count). The Kier molecular flexibility index (Phi) is 2.77. The first kappa shape index (κ1) is 9.97. The fourth-order valence-electron chi connectivity index (χ4n) is 2.62. The van der Waals surface area contributed by atoms with E-state index >= 15 is 0 Å². The van der Waals surface area contributed by atoms with Crippen LogP contribution in [0.2, 0.25) is 0 Å². The number of hydrogen-bond acceptors (Lipinski definition) is 2. The van der Waals surface area contributed by atoms with Gasteiger partial charge in [0.1, 0.15) is 0 Å². The van der Waals surface area contributed by atoms with E-state index in [1.54, 1.807) is 0 Å². The molecule has 0 aliphatic heterocycles. The van der Waals surface area contributed by atoms with E-state index < -0.39 is 5.97 Å². The number of carboxylic acids is 1. The number of carboxylic acid groups (broad SMARTS) is 1. The Morgan fingerprint density at radius 3 is 2.57 bits per heavy atom. The number of aliphatic carboxylic acids is 1. The van der Waals surface area contributed by atoms with Gasteiger partial charge in [-0.15, -0.1) is 0 Å². The zero-order chi connectivity index (χ0) is 10.1. The van der Waals surface area contributed by atoms with Gasteiger partial charge in [-0.25, -0.2) is 0 Å². The highest BCUT2D eigenvalue weighted by Crippen LogP contribution is 2.39. The molecule has 2 aliphatic rings. The van der Waals surface area contributed by atoms with Crippen molar-refractivity contribution in [3.05, 3.63) is 0 Å². The summed E-state index contributed by atoms with van der Waals surface area (Å²) in [5, 5.41) is 8.78. The topological polar surface area (TPSA) is 40.5 Å². The van der Waals surface area contributed by atoms with E-state index in [1.807, 2.05) is 0 Å². The van der Waals surface area contributed by atoms with Gasteiger partial charge in [0.25, 0.3) is 0 Å². The molecule has 2 saturated carbocycles. The van der Waals surface area contributed by atoms with E-state index in [0.717, 1.165) is 19.0 Å². The van der Waals surface area contributed by atoms with Crippen molar-refractivity contribution in [2.24, 2.45) is 11.8 Å². The number of rotatable bonds is 4. The van der Waals surface area contributed by atoms with Gasteiger partial charge >= 0.3 is 5.97 Å². The molecule has 0 saturated heterocycles. The summed E-state index contributed by atoms with van der Waals surface area (Å²) in [5.41, 5.74) is 0. The minimum Gasteiger partial charge on any atom is -0.481 e. The van der Waals surface area contributed by atoms with Crippen LogP contribution in [-0.2, 0) is 4.79 Å². The van der Waals surface area contributed by atoms with Gasteiger partial charge in [-0.1, -0.05) is 12.8 Å². The Bertz CT molecular complexity index is 223. The summed E-state index contributed by atoms with van der Waals surface area (Å²) in [4.78, 5) is 13.0. The average molecular weight is 197 g/mol. The molecular weight excluding hydrogens is 178 g/mol. The lowest BCUT2D eigenvalue weighted by Gasteiger charge is -2.23. The van der Waals surface area contributed by atoms with Gasteiger partial charge in [0, 0.05) is 12.6 Å². The average Bonchev–Trinajstić information content (AvgIpc) is 2.70. The Morgan fingerprint density at radius 2 is 2.07 bits per heavy atom. The normalized spacial score (nSPS) is 32.4. The predicted molar refractivity (Wildman–Crippen MR) is 54.1 cm³/mol. The molecule has 80 valence electrons. The fraction of sp³-hybridized carbons (Fsp3) is 0.909. The van der Waals surface area contributed by atoms with Crippen molar-refractivity contribution in [3.63, 3.8) is 0 Å². The molecule has 3 heteroatoms. The maximum Gasteiger partial charge on any atom is 0.306 e. The van der Waals surface area contributed by atoms with Gasteiger partial charge in [0.15, 0.2) is 0 Å². The summed E-state index contributed by atoms with van der Waals surface area (Å²) in [6, 6.07) is 0.727. The summed E-state index contributed by atoms with van der Waals surface area (Å²) >= 11 is 0. The second-order valence-corrected chi connectivity index (χ2v) is 4.82. The van der Waals surface area contributed by atoms with Crippen molar-refractivity contribution in [2.45, 2.75) is 38.1 Å². The summed E-state index contributed by atoms with van der Waals surface area (Å²) < 4.78 is 0. The largest absolute Gasteiger partial charge is 0.481 e. The zero-order valence-corrected chi connectivity index (χ0v) is 8.78. The van der Waals surface area contributed by atoms with Crippen molar-refractivity contribution >= 4 is 5.97 Å². The Hall–Kier alpha value is -0.570. The first-order valence-electron chi connectivity index (χ1n) is 5.61. The highest BCUT2D eigenvalue weighted by molar-refractivity contribution is 5.73. The van der Waals surface area contributed by atoms with Crippen LogP contribution in [-0.4, -0.2) is 35.6 Å². The maximum atomic E-state index is 10.7. The molecule has 2 unspecified atom stereocenters. The first-order valence-corrected chi connectivity index (χ1v) is 5.61. The molecular formula is C11H19NO2. The summed E-state index contributed by atoms with van der Waals surface area (Å²) in [6.45, 7) is 0.988. The van der Waals surface area contributed by atoms with Gasteiger partial charge in [-0.3, -0.25) is 4.79 Å². The highest BCUT2D eigenvalue weighted by atomic mass is 16.4. The molecule has 0 bridgehead atoms. The lowest BCUT2D eigenvalue weighted by atomic mass is 10.2. The van der Waals surface area contributed by atoms with Crippen molar-refractivity contribution in [2.75, 3.05) is 13.6 Å². The second-order valence-electron chi connectivity index (χ2n) is 4.82. The van der Waals surface area contributed by atoms with Gasteiger partial charge in [0.05, 0.1) is 5.92 Å². The van der Waals surface area contributed by atoms with Gasteiger partial charge < -0.3 is 10.0 Å². The van der Waals surface area contributed by atoms with Crippen LogP contribution >= 0.6 is 0 Å². The lowest BCUT2D eigenvalue weighted by Crippen LogP contribution is -2.31. The molecule has 0 aromatic heterocycles. The SMILES string of the molecule is CN(CC1CC1C(=O)O)C1CCCC1. The summed E-state index contributed by atoms with van der Waals surface area (Å²) in [7, 11) is 2.15.